The smallest absolute Gasteiger partial charge is 0.145 e. The van der Waals surface area contributed by atoms with Gasteiger partial charge in [-0.05, 0) is 18.4 Å². The van der Waals surface area contributed by atoms with Crippen molar-refractivity contribution in [1.29, 1.82) is 0 Å². The Morgan fingerprint density at radius 3 is 2.53 bits per heavy atom. The van der Waals surface area contributed by atoms with Crippen molar-refractivity contribution in [1.82, 2.24) is 9.97 Å². The molecule has 0 radical (unpaired) electrons. The number of nitrogens with two attached hydrogens (primary N) is 1. The molecule has 0 atom stereocenters. The van der Waals surface area contributed by atoms with Gasteiger partial charge >= 0.3 is 0 Å². The Morgan fingerprint density at radius 1 is 1.11 bits per heavy atom. The number of rotatable bonds is 5. The van der Waals surface area contributed by atoms with Gasteiger partial charge in [-0.1, -0.05) is 30.3 Å². The lowest BCUT2D eigenvalue weighted by Gasteiger charge is -2.09. The highest BCUT2D eigenvalue weighted by Gasteiger charge is 2.27. The van der Waals surface area contributed by atoms with Gasteiger partial charge < -0.3 is 10.7 Å². The summed E-state index contributed by atoms with van der Waals surface area (Å²) in [6, 6.07) is 12.1. The quantitative estimate of drug-likeness (QED) is 0.564. The second kappa shape index (κ2) is 5.24. The molecule has 1 aromatic heterocycles. The third-order valence-corrected chi connectivity index (χ3v) is 3.15. The summed E-state index contributed by atoms with van der Waals surface area (Å²) in [5.41, 5.74) is 3.82. The number of aromatic nitrogens is 2. The highest BCUT2D eigenvalue weighted by molar-refractivity contribution is 5.47. The number of nitrogens with one attached hydrogen (secondary N) is 2. The van der Waals surface area contributed by atoms with Crippen molar-refractivity contribution in [2.45, 2.75) is 25.3 Å². The molecule has 1 aliphatic carbocycles. The molecule has 1 saturated carbocycles. The molecule has 0 amide bonds. The Bertz CT molecular complexity index is 551. The van der Waals surface area contributed by atoms with Gasteiger partial charge in [0.05, 0.1) is 0 Å². The van der Waals surface area contributed by atoms with Crippen LogP contribution in [0.25, 0.3) is 0 Å². The average Bonchev–Trinajstić information content (AvgIpc) is 3.30. The van der Waals surface area contributed by atoms with Crippen molar-refractivity contribution in [3.05, 3.63) is 47.8 Å². The second-order valence-electron chi connectivity index (χ2n) is 4.75. The number of hydrogen-bond acceptors (Lipinski definition) is 5. The summed E-state index contributed by atoms with van der Waals surface area (Å²) >= 11 is 0. The molecule has 1 aliphatic rings. The number of hydrazine groups is 1. The summed E-state index contributed by atoms with van der Waals surface area (Å²) in [5.74, 6) is 8.31. The van der Waals surface area contributed by atoms with Crippen molar-refractivity contribution in [2.24, 2.45) is 5.84 Å². The number of nitrogens with zero attached hydrogens (tertiary/aromatic N) is 2. The van der Waals surface area contributed by atoms with Gasteiger partial charge in [0.25, 0.3) is 0 Å². The summed E-state index contributed by atoms with van der Waals surface area (Å²) in [7, 11) is 0. The third-order valence-electron chi connectivity index (χ3n) is 3.15. The Morgan fingerprint density at radius 2 is 1.84 bits per heavy atom. The first-order valence-corrected chi connectivity index (χ1v) is 6.48. The van der Waals surface area contributed by atoms with Gasteiger partial charge in [0, 0.05) is 18.5 Å². The fourth-order valence-corrected chi connectivity index (χ4v) is 1.94. The Kier molecular flexibility index (Phi) is 3.29. The van der Waals surface area contributed by atoms with Crippen molar-refractivity contribution in [2.75, 3.05) is 10.7 Å². The largest absolute Gasteiger partial charge is 0.366 e. The maximum atomic E-state index is 5.45. The normalized spacial score (nSPS) is 14.2. The number of benzene rings is 1. The fourth-order valence-electron chi connectivity index (χ4n) is 1.94. The average molecular weight is 255 g/mol. The lowest BCUT2D eigenvalue weighted by Crippen LogP contribution is -2.12. The van der Waals surface area contributed by atoms with E-state index in [1.807, 2.05) is 24.3 Å². The zero-order valence-electron chi connectivity index (χ0n) is 10.6. The monoisotopic (exact) mass is 255 g/mol. The summed E-state index contributed by atoms with van der Waals surface area (Å²) in [6.07, 6.45) is 2.35. The molecule has 0 spiro atoms. The van der Waals surface area contributed by atoms with Crippen LogP contribution in [0.2, 0.25) is 0 Å². The zero-order chi connectivity index (χ0) is 13.1. The van der Waals surface area contributed by atoms with E-state index < -0.39 is 0 Å². The first-order valence-electron chi connectivity index (χ1n) is 6.48. The van der Waals surface area contributed by atoms with E-state index >= 15 is 0 Å². The highest BCUT2D eigenvalue weighted by atomic mass is 15.3. The van der Waals surface area contributed by atoms with Gasteiger partial charge in [0.1, 0.15) is 17.5 Å². The van der Waals surface area contributed by atoms with Crippen molar-refractivity contribution in [3.8, 4) is 0 Å². The first kappa shape index (κ1) is 11.9. The number of hydrogen-bond donors (Lipinski definition) is 3. The SMILES string of the molecule is NNc1cc(NCc2ccccc2)nc(C2CC2)n1. The van der Waals surface area contributed by atoms with Crippen LogP contribution in [0.4, 0.5) is 11.6 Å². The summed E-state index contributed by atoms with van der Waals surface area (Å²) < 4.78 is 0. The maximum absolute atomic E-state index is 5.45. The highest BCUT2D eigenvalue weighted by Crippen LogP contribution is 2.38. The standard InChI is InChI=1S/C14H17N5/c15-19-13-8-12(17-14(18-13)11-6-7-11)16-9-10-4-2-1-3-5-10/h1-5,8,11H,6-7,9,15H2,(H2,16,17,18,19). The summed E-state index contributed by atoms with van der Waals surface area (Å²) in [4.78, 5) is 8.92. The molecule has 5 heteroatoms. The fraction of sp³-hybridized carbons (Fsp3) is 0.286. The summed E-state index contributed by atoms with van der Waals surface area (Å²) in [6.45, 7) is 0.742. The Hall–Kier alpha value is -2.14. The van der Waals surface area contributed by atoms with E-state index in [0.717, 1.165) is 18.2 Å². The molecule has 1 aromatic carbocycles. The lowest BCUT2D eigenvalue weighted by molar-refractivity contribution is 0.920. The Labute approximate surface area is 112 Å². The van der Waals surface area contributed by atoms with Crippen LogP contribution in [-0.4, -0.2) is 9.97 Å². The molecular weight excluding hydrogens is 238 g/mol. The van der Waals surface area contributed by atoms with E-state index in [4.69, 9.17) is 5.84 Å². The molecule has 5 nitrogen and oxygen atoms in total. The number of nitrogen functional groups attached to an aromatic ring is 1. The van der Waals surface area contributed by atoms with Gasteiger partial charge in [-0.2, -0.15) is 0 Å². The van der Waals surface area contributed by atoms with Crippen LogP contribution in [-0.2, 0) is 6.54 Å². The third kappa shape index (κ3) is 3.00. The van der Waals surface area contributed by atoms with E-state index in [9.17, 15) is 0 Å². The molecular formula is C14H17N5. The van der Waals surface area contributed by atoms with Gasteiger partial charge in [-0.15, -0.1) is 0 Å². The molecule has 1 heterocycles. The van der Waals surface area contributed by atoms with E-state index in [2.05, 4.69) is 32.8 Å². The molecule has 2 aromatic rings. The molecule has 1 fully saturated rings. The van der Waals surface area contributed by atoms with Crippen LogP contribution >= 0.6 is 0 Å². The Balaban J connectivity index is 1.74. The van der Waals surface area contributed by atoms with Gasteiger partial charge in [-0.3, -0.25) is 0 Å². The zero-order valence-corrected chi connectivity index (χ0v) is 10.6. The van der Waals surface area contributed by atoms with E-state index in [0.29, 0.717) is 11.7 Å². The summed E-state index contributed by atoms with van der Waals surface area (Å²) in [5, 5.41) is 3.31. The number of anilines is 2. The van der Waals surface area contributed by atoms with Crippen LogP contribution < -0.4 is 16.6 Å². The predicted octanol–water partition coefficient (Wildman–Crippen LogP) is 2.25. The molecule has 0 saturated heterocycles. The van der Waals surface area contributed by atoms with Crippen LogP contribution in [0.1, 0.15) is 30.1 Å². The lowest BCUT2D eigenvalue weighted by atomic mass is 10.2. The van der Waals surface area contributed by atoms with Crippen molar-refractivity contribution < 1.29 is 0 Å². The minimum atomic E-state index is 0.505. The first-order chi connectivity index (χ1) is 9.35. The van der Waals surface area contributed by atoms with E-state index in [1.165, 1.54) is 18.4 Å². The van der Waals surface area contributed by atoms with Gasteiger partial charge in [0.2, 0.25) is 0 Å². The minimum Gasteiger partial charge on any atom is -0.366 e. The van der Waals surface area contributed by atoms with Crippen LogP contribution in [0.5, 0.6) is 0 Å². The molecule has 0 unspecified atom stereocenters. The van der Waals surface area contributed by atoms with E-state index in [1.54, 1.807) is 0 Å². The van der Waals surface area contributed by atoms with Crippen LogP contribution in [0, 0.1) is 0 Å². The molecule has 0 aliphatic heterocycles. The molecule has 4 N–H and O–H groups in total. The molecule has 19 heavy (non-hydrogen) atoms. The predicted molar refractivity (Wildman–Crippen MR) is 75.6 cm³/mol. The van der Waals surface area contributed by atoms with Crippen molar-refractivity contribution in [3.63, 3.8) is 0 Å². The van der Waals surface area contributed by atoms with Crippen LogP contribution in [0.3, 0.4) is 0 Å². The van der Waals surface area contributed by atoms with Gasteiger partial charge in [0.15, 0.2) is 0 Å². The maximum Gasteiger partial charge on any atom is 0.145 e. The molecule has 3 rings (SSSR count). The molecule has 0 bridgehead atoms. The van der Waals surface area contributed by atoms with Crippen molar-refractivity contribution >= 4 is 11.6 Å². The van der Waals surface area contributed by atoms with Crippen LogP contribution in [0.15, 0.2) is 36.4 Å². The topological polar surface area (TPSA) is 75.9 Å². The van der Waals surface area contributed by atoms with E-state index in [-0.39, 0.29) is 0 Å². The minimum absolute atomic E-state index is 0.505. The second-order valence-corrected chi connectivity index (χ2v) is 4.75. The molecule has 98 valence electrons. The van der Waals surface area contributed by atoms with Gasteiger partial charge in [-0.25, -0.2) is 15.8 Å².